The zero-order valence-electron chi connectivity index (χ0n) is 11.3. The van der Waals surface area contributed by atoms with Crippen molar-refractivity contribution in [2.45, 2.75) is 17.7 Å². The van der Waals surface area contributed by atoms with Crippen LogP contribution in [0.25, 0.3) is 6.08 Å². The highest BCUT2D eigenvalue weighted by molar-refractivity contribution is 9.10. The van der Waals surface area contributed by atoms with Crippen molar-refractivity contribution in [2.75, 3.05) is 0 Å². The van der Waals surface area contributed by atoms with Crippen LogP contribution < -0.4 is 0 Å². The maximum Gasteiger partial charge on any atom is 0.177 e. The highest BCUT2D eigenvalue weighted by atomic mass is 79.9. The molecule has 0 amide bonds. The average Bonchev–Trinajstić information content (AvgIpc) is 2.44. The lowest BCUT2D eigenvalue weighted by Crippen LogP contribution is -2.33. The van der Waals surface area contributed by atoms with Crippen LogP contribution in [0.4, 0.5) is 0 Å². The zero-order chi connectivity index (χ0) is 14.2. The summed E-state index contributed by atoms with van der Waals surface area (Å²) in [4.78, 5) is 12.4. The number of hydrogen-bond acceptors (Lipinski definition) is 1. The quantitative estimate of drug-likeness (QED) is 0.746. The van der Waals surface area contributed by atoms with Gasteiger partial charge in [-0.25, -0.2) is 0 Å². The van der Waals surface area contributed by atoms with Crippen molar-refractivity contribution in [3.8, 4) is 0 Å². The maximum absolute atomic E-state index is 12.4. The Morgan fingerprint density at radius 2 is 1.85 bits per heavy atom. The van der Waals surface area contributed by atoms with E-state index in [0.717, 1.165) is 11.1 Å². The van der Waals surface area contributed by atoms with Crippen molar-refractivity contribution in [3.05, 3.63) is 76.9 Å². The Morgan fingerprint density at radius 1 is 1.05 bits per heavy atom. The van der Waals surface area contributed by atoms with Gasteiger partial charge in [-0.2, -0.15) is 0 Å². The van der Waals surface area contributed by atoms with Crippen molar-refractivity contribution in [1.82, 2.24) is 0 Å². The van der Waals surface area contributed by atoms with Crippen LogP contribution in [0.2, 0.25) is 0 Å². The van der Waals surface area contributed by atoms with Gasteiger partial charge in [0.25, 0.3) is 0 Å². The molecule has 1 nitrogen and oxygen atoms in total. The van der Waals surface area contributed by atoms with Crippen LogP contribution in [0, 0.1) is 6.92 Å². The van der Waals surface area contributed by atoms with Crippen LogP contribution in [0.5, 0.6) is 0 Å². The standard InChI is InChI=1S/C18H15BrO/c1-13-5-4-6-14(11-13)12-18(19)16-8-3-2-7-15(16)9-10-17(18)20/h2-11H,12H2,1H3. The van der Waals surface area contributed by atoms with Gasteiger partial charge in [-0.1, -0.05) is 76.1 Å². The lowest BCUT2D eigenvalue weighted by atomic mass is 9.82. The minimum atomic E-state index is -0.647. The minimum Gasteiger partial charge on any atom is -0.293 e. The number of ketones is 1. The first kappa shape index (κ1) is 13.3. The molecule has 1 aliphatic rings. The Bertz CT molecular complexity index is 702. The summed E-state index contributed by atoms with van der Waals surface area (Å²) in [7, 11) is 0. The molecule has 100 valence electrons. The largest absolute Gasteiger partial charge is 0.293 e. The molecular weight excluding hydrogens is 312 g/mol. The lowest BCUT2D eigenvalue weighted by Gasteiger charge is -2.30. The number of carbonyl (C=O) groups excluding carboxylic acids is 1. The Morgan fingerprint density at radius 3 is 2.65 bits per heavy atom. The van der Waals surface area contributed by atoms with Gasteiger partial charge in [-0.3, -0.25) is 4.79 Å². The Hall–Kier alpha value is -1.67. The smallest absolute Gasteiger partial charge is 0.177 e. The number of carbonyl (C=O) groups is 1. The average molecular weight is 327 g/mol. The number of allylic oxidation sites excluding steroid dienone is 1. The molecule has 0 aliphatic heterocycles. The second-order valence-corrected chi connectivity index (χ2v) is 6.61. The van der Waals surface area contributed by atoms with E-state index < -0.39 is 4.32 Å². The molecule has 0 radical (unpaired) electrons. The normalized spacial score (nSPS) is 20.8. The molecule has 20 heavy (non-hydrogen) atoms. The minimum absolute atomic E-state index is 0.109. The molecule has 0 saturated carbocycles. The SMILES string of the molecule is Cc1cccc(CC2(Br)C(=O)C=Cc3ccccc32)c1. The second-order valence-electron chi connectivity index (χ2n) is 5.25. The molecule has 2 aromatic rings. The van der Waals surface area contributed by atoms with Gasteiger partial charge >= 0.3 is 0 Å². The summed E-state index contributed by atoms with van der Waals surface area (Å²) in [6.07, 6.45) is 4.23. The molecule has 0 heterocycles. The molecule has 2 heteroatoms. The first-order valence-corrected chi connectivity index (χ1v) is 7.45. The molecule has 0 bridgehead atoms. The highest BCUT2D eigenvalue weighted by Gasteiger charge is 2.39. The fraction of sp³-hybridized carbons (Fsp3) is 0.167. The van der Waals surface area contributed by atoms with E-state index in [2.05, 4.69) is 41.1 Å². The number of halogens is 1. The summed E-state index contributed by atoms with van der Waals surface area (Å²) < 4.78 is -0.647. The first-order chi connectivity index (χ1) is 9.59. The van der Waals surface area contributed by atoms with Crippen LogP contribution in [0.15, 0.2) is 54.6 Å². The summed E-state index contributed by atoms with van der Waals surface area (Å²) in [6.45, 7) is 2.07. The molecular formula is C18H15BrO. The third kappa shape index (κ3) is 2.25. The van der Waals surface area contributed by atoms with Crippen LogP contribution in [-0.4, -0.2) is 5.78 Å². The number of benzene rings is 2. The maximum atomic E-state index is 12.4. The fourth-order valence-electron chi connectivity index (χ4n) is 2.72. The molecule has 0 fully saturated rings. The number of rotatable bonds is 2. The molecule has 1 atom stereocenters. The molecule has 2 aromatic carbocycles. The van der Waals surface area contributed by atoms with Gasteiger partial charge < -0.3 is 0 Å². The number of aryl methyl sites for hydroxylation is 1. The zero-order valence-corrected chi connectivity index (χ0v) is 12.9. The van der Waals surface area contributed by atoms with Crippen LogP contribution in [0.1, 0.15) is 22.3 Å². The van der Waals surface area contributed by atoms with E-state index in [1.54, 1.807) is 6.08 Å². The summed E-state index contributed by atoms with van der Waals surface area (Å²) in [5.74, 6) is 0.109. The lowest BCUT2D eigenvalue weighted by molar-refractivity contribution is -0.116. The van der Waals surface area contributed by atoms with Gasteiger partial charge in [-0.15, -0.1) is 0 Å². The van der Waals surface area contributed by atoms with E-state index in [-0.39, 0.29) is 5.78 Å². The number of hydrogen-bond donors (Lipinski definition) is 0. The monoisotopic (exact) mass is 326 g/mol. The van der Waals surface area contributed by atoms with E-state index in [4.69, 9.17) is 0 Å². The molecule has 3 rings (SSSR count). The van der Waals surface area contributed by atoms with Gasteiger partial charge in [0.05, 0.1) is 0 Å². The van der Waals surface area contributed by atoms with Crippen LogP contribution >= 0.6 is 15.9 Å². The van der Waals surface area contributed by atoms with Gasteiger partial charge in [-0.05, 0) is 36.1 Å². The fourth-order valence-corrected chi connectivity index (χ4v) is 3.54. The van der Waals surface area contributed by atoms with E-state index >= 15 is 0 Å². The van der Waals surface area contributed by atoms with Gasteiger partial charge in [0, 0.05) is 0 Å². The van der Waals surface area contributed by atoms with E-state index in [9.17, 15) is 4.79 Å². The molecule has 1 unspecified atom stereocenters. The summed E-state index contributed by atoms with van der Waals surface area (Å²) in [5, 5.41) is 0. The van der Waals surface area contributed by atoms with E-state index in [0.29, 0.717) is 6.42 Å². The number of alkyl halides is 1. The molecule has 1 aliphatic carbocycles. The molecule has 0 aromatic heterocycles. The van der Waals surface area contributed by atoms with Crippen molar-refractivity contribution >= 4 is 27.8 Å². The predicted octanol–water partition coefficient (Wildman–Crippen LogP) is 4.42. The van der Waals surface area contributed by atoms with Gasteiger partial charge in [0.1, 0.15) is 4.32 Å². The van der Waals surface area contributed by atoms with Crippen molar-refractivity contribution < 1.29 is 4.79 Å². The Kier molecular flexibility index (Phi) is 3.35. The topological polar surface area (TPSA) is 17.1 Å². The highest BCUT2D eigenvalue weighted by Crippen LogP contribution is 2.41. The van der Waals surface area contributed by atoms with E-state index in [1.165, 1.54) is 11.1 Å². The first-order valence-electron chi connectivity index (χ1n) is 6.66. The van der Waals surface area contributed by atoms with Crippen LogP contribution in [0.3, 0.4) is 0 Å². The summed E-state index contributed by atoms with van der Waals surface area (Å²) in [5.41, 5.74) is 4.54. The van der Waals surface area contributed by atoms with Crippen molar-refractivity contribution in [2.24, 2.45) is 0 Å². The Balaban J connectivity index is 2.06. The van der Waals surface area contributed by atoms with Crippen molar-refractivity contribution in [1.29, 1.82) is 0 Å². The molecule has 0 saturated heterocycles. The van der Waals surface area contributed by atoms with E-state index in [1.807, 2.05) is 36.4 Å². The third-order valence-electron chi connectivity index (χ3n) is 3.72. The Labute approximate surface area is 127 Å². The number of fused-ring (bicyclic) bond motifs is 1. The summed E-state index contributed by atoms with van der Waals surface area (Å²) in [6, 6.07) is 16.4. The summed E-state index contributed by atoms with van der Waals surface area (Å²) >= 11 is 3.72. The van der Waals surface area contributed by atoms with Crippen LogP contribution in [-0.2, 0) is 15.5 Å². The van der Waals surface area contributed by atoms with Gasteiger partial charge in [0.2, 0.25) is 0 Å². The molecule has 0 spiro atoms. The van der Waals surface area contributed by atoms with Gasteiger partial charge in [0.15, 0.2) is 5.78 Å². The third-order valence-corrected chi connectivity index (χ3v) is 4.82. The second kappa shape index (κ2) is 5.02. The van der Waals surface area contributed by atoms with Crippen molar-refractivity contribution in [3.63, 3.8) is 0 Å². The predicted molar refractivity (Wildman–Crippen MR) is 86.0 cm³/mol. The molecule has 0 N–H and O–H groups in total.